The zero-order chi connectivity index (χ0) is 13.6. The molecule has 0 aliphatic heterocycles. The van der Waals surface area contributed by atoms with E-state index in [2.05, 4.69) is 50.4 Å². The van der Waals surface area contributed by atoms with Crippen LogP contribution in [0.4, 0.5) is 0 Å². The first-order valence-corrected chi connectivity index (χ1v) is 6.69. The van der Waals surface area contributed by atoms with Gasteiger partial charge >= 0.3 is 0 Å². The van der Waals surface area contributed by atoms with Crippen LogP contribution in [0.1, 0.15) is 44.7 Å². The molecule has 0 aliphatic rings. The number of ketones is 1. The fraction of sp³-hybridized carbons (Fsp3) is 0.562. The number of rotatable bonds is 7. The zero-order valence-electron chi connectivity index (χ0n) is 12.0. The van der Waals surface area contributed by atoms with Crippen molar-refractivity contribution < 1.29 is 4.79 Å². The Morgan fingerprint density at radius 2 is 1.83 bits per heavy atom. The van der Waals surface area contributed by atoms with Gasteiger partial charge in [0, 0.05) is 18.4 Å². The van der Waals surface area contributed by atoms with Gasteiger partial charge in [-0.1, -0.05) is 43.7 Å². The molecule has 0 radical (unpaired) electrons. The van der Waals surface area contributed by atoms with Crippen LogP contribution < -0.4 is 5.32 Å². The predicted octanol–water partition coefficient (Wildman–Crippen LogP) is 3.23. The van der Waals surface area contributed by atoms with Crippen molar-refractivity contribution >= 4 is 5.78 Å². The van der Waals surface area contributed by atoms with Gasteiger partial charge in [0.05, 0.1) is 0 Å². The number of benzene rings is 1. The second-order valence-electron chi connectivity index (χ2n) is 5.73. The Labute approximate surface area is 111 Å². The van der Waals surface area contributed by atoms with Crippen LogP contribution in [0.3, 0.4) is 0 Å². The average Bonchev–Trinajstić information content (AvgIpc) is 2.28. The van der Waals surface area contributed by atoms with Crippen LogP contribution >= 0.6 is 0 Å². The van der Waals surface area contributed by atoms with Crippen LogP contribution in [0.15, 0.2) is 24.3 Å². The van der Waals surface area contributed by atoms with E-state index in [-0.39, 0.29) is 11.2 Å². The van der Waals surface area contributed by atoms with Gasteiger partial charge in [-0.3, -0.25) is 0 Å². The molecule has 0 heterocycles. The molecule has 0 aliphatic carbocycles. The summed E-state index contributed by atoms with van der Waals surface area (Å²) in [6, 6.07) is 8.72. The lowest BCUT2D eigenvalue weighted by atomic mass is 9.84. The maximum absolute atomic E-state index is 10.8. The number of hydrogen-bond acceptors (Lipinski definition) is 2. The molecule has 1 aromatic carbocycles. The lowest BCUT2D eigenvalue weighted by molar-refractivity contribution is -0.117. The molecule has 2 nitrogen and oxygen atoms in total. The summed E-state index contributed by atoms with van der Waals surface area (Å²) in [4.78, 5) is 10.8. The van der Waals surface area contributed by atoms with Gasteiger partial charge in [0.25, 0.3) is 0 Å². The second-order valence-corrected chi connectivity index (χ2v) is 5.73. The lowest BCUT2D eigenvalue weighted by Gasteiger charge is -2.26. The number of carbonyl (C=O) groups is 1. The molecule has 0 aromatic heterocycles. The van der Waals surface area contributed by atoms with E-state index in [1.807, 2.05) is 0 Å². The molecule has 1 aromatic rings. The van der Waals surface area contributed by atoms with Crippen LogP contribution in [-0.2, 0) is 10.2 Å². The third-order valence-electron chi connectivity index (χ3n) is 3.28. The number of hydrogen-bond donors (Lipinski definition) is 1. The standard InChI is InChI=1S/C16H25NO/c1-13-7-9-15(10-8-13)16(3,4)12-17-11-5-6-14(2)18/h7-10,17H,5-6,11-12H2,1-4H3. The van der Waals surface area contributed by atoms with Crippen LogP contribution in [0, 0.1) is 6.92 Å². The van der Waals surface area contributed by atoms with E-state index in [9.17, 15) is 4.79 Å². The second kappa shape index (κ2) is 6.69. The van der Waals surface area contributed by atoms with Crippen molar-refractivity contribution in [2.75, 3.05) is 13.1 Å². The number of Topliss-reactive ketones (excluding diaryl/α,β-unsaturated/α-hetero) is 1. The fourth-order valence-corrected chi connectivity index (χ4v) is 1.97. The van der Waals surface area contributed by atoms with Gasteiger partial charge in [0.15, 0.2) is 0 Å². The van der Waals surface area contributed by atoms with Crippen molar-refractivity contribution in [3.8, 4) is 0 Å². The van der Waals surface area contributed by atoms with Crippen molar-refractivity contribution in [3.05, 3.63) is 35.4 Å². The van der Waals surface area contributed by atoms with E-state index in [0.29, 0.717) is 6.42 Å². The van der Waals surface area contributed by atoms with Gasteiger partial charge in [-0.25, -0.2) is 0 Å². The maximum Gasteiger partial charge on any atom is 0.129 e. The Balaban J connectivity index is 2.39. The highest BCUT2D eigenvalue weighted by atomic mass is 16.1. The van der Waals surface area contributed by atoms with Crippen molar-refractivity contribution in [2.24, 2.45) is 0 Å². The Kier molecular flexibility index (Phi) is 5.54. The van der Waals surface area contributed by atoms with E-state index < -0.39 is 0 Å². The minimum absolute atomic E-state index is 0.129. The van der Waals surface area contributed by atoms with E-state index in [1.54, 1.807) is 6.92 Å². The van der Waals surface area contributed by atoms with Crippen LogP contribution in [0.2, 0.25) is 0 Å². The molecule has 2 heteroatoms. The van der Waals surface area contributed by atoms with Crippen LogP contribution in [0.5, 0.6) is 0 Å². The molecule has 0 unspecified atom stereocenters. The van der Waals surface area contributed by atoms with E-state index in [4.69, 9.17) is 0 Å². The normalized spacial score (nSPS) is 11.6. The third-order valence-corrected chi connectivity index (χ3v) is 3.28. The van der Waals surface area contributed by atoms with Crippen molar-refractivity contribution in [2.45, 2.75) is 46.0 Å². The Hall–Kier alpha value is -1.15. The maximum atomic E-state index is 10.8. The highest BCUT2D eigenvalue weighted by Gasteiger charge is 2.19. The summed E-state index contributed by atoms with van der Waals surface area (Å²) < 4.78 is 0. The molecule has 100 valence electrons. The summed E-state index contributed by atoms with van der Waals surface area (Å²) in [5.74, 6) is 0.273. The third kappa shape index (κ3) is 5.01. The molecule has 0 saturated carbocycles. The fourth-order valence-electron chi connectivity index (χ4n) is 1.97. The Morgan fingerprint density at radius 3 is 2.39 bits per heavy atom. The molecule has 0 saturated heterocycles. The van der Waals surface area contributed by atoms with Gasteiger partial charge in [0.2, 0.25) is 0 Å². The summed E-state index contributed by atoms with van der Waals surface area (Å²) in [7, 11) is 0. The Morgan fingerprint density at radius 1 is 1.22 bits per heavy atom. The molecule has 0 spiro atoms. The molecule has 0 fully saturated rings. The van der Waals surface area contributed by atoms with Gasteiger partial charge in [-0.15, -0.1) is 0 Å². The first-order valence-electron chi connectivity index (χ1n) is 6.69. The van der Waals surface area contributed by atoms with E-state index >= 15 is 0 Å². The van der Waals surface area contributed by atoms with Crippen molar-refractivity contribution in [3.63, 3.8) is 0 Å². The average molecular weight is 247 g/mol. The molecule has 1 N–H and O–H groups in total. The SMILES string of the molecule is CC(=O)CCCNCC(C)(C)c1ccc(C)cc1. The van der Waals surface area contributed by atoms with Gasteiger partial charge < -0.3 is 10.1 Å². The largest absolute Gasteiger partial charge is 0.316 e. The van der Waals surface area contributed by atoms with E-state index in [1.165, 1.54) is 11.1 Å². The zero-order valence-corrected chi connectivity index (χ0v) is 12.0. The molecule has 0 amide bonds. The van der Waals surface area contributed by atoms with E-state index in [0.717, 1.165) is 19.5 Å². The summed E-state index contributed by atoms with van der Waals surface area (Å²) in [6.07, 6.45) is 1.61. The number of nitrogens with one attached hydrogen (secondary N) is 1. The minimum Gasteiger partial charge on any atom is -0.316 e. The summed E-state index contributed by atoms with van der Waals surface area (Å²) in [5, 5.41) is 3.44. The topological polar surface area (TPSA) is 29.1 Å². The molecule has 0 bridgehead atoms. The van der Waals surface area contributed by atoms with Crippen LogP contribution in [0.25, 0.3) is 0 Å². The predicted molar refractivity (Wildman–Crippen MR) is 77.0 cm³/mol. The first-order chi connectivity index (χ1) is 8.42. The van der Waals surface area contributed by atoms with Gasteiger partial charge in [-0.05, 0) is 32.4 Å². The van der Waals surface area contributed by atoms with Gasteiger partial charge in [-0.2, -0.15) is 0 Å². The quantitative estimate of drug-likeness (QED) is 0.749. The number of carbonyl (C=O) groups excluding carboxylic acids is 1. The molecule has 18 heavy (non-hydrogen) atoms. The summed E-state index contributed by atoms with van der Waals surface area (Å²) in [6.45, 7) is 10.1. The molecular formula is C16H25NO. The highest BCUT2D eigenvalue weighted by Crippen LogP contribution is 2.22. The summed E-state index contributed by atoms with van der Waals surface area (Å²) >= 11 is 0. The highest BCUT2D eigenvalue weighted by molar-refractivity contribution is 5.75. The van der Waals surface area contributed by atoms with Crippen molar-refractivity contribution in [1.29, 1.82) is 0 Å². The summed E-state index contributed by atoms with van der Waals surface area (Å²) in [5.41, 5.74) is 2.78. The molecular weight excluding hydrogens is 222 g/mol. The molecule has 0 atom stereocenters. The number of aryl methyl sites for hydroxylation is 1. The van der Waals surface area contributed by atoms with Crippen molar-refractivity contribution in [1.82, 2.24) is 5.32 Å². The first kappa shape index (κ1) is 14.9. The monoisotopic (exact) mass is 247 g/mol. The molecule has 1 rings (SSSR count). The Bertz CT molecular complexity index is 379. The lowest BCUT2D eigenvalue weighted by Crippen LogP contribution is -2.33. The van der Waals surface area contributed by atoms with Crippen LogP contribution in [-0.4, -0.2) is 18.9 Å². The minimum atomic E-state index is 0.129. The van der Waals surface area contributed by atoms with Gasteiger partial charge in [0.1, 0.15) is 5.78 Å². The smallest absolute Gasteiger partial charge is 0.129 e.